The summed E-state index contributed by atoms with van der Waals surface area (Å²) in [6, 6.07) is 22.4. The molecule has 3 aromatic carbocycles. The Balaban J connectivity index is 1.36. The molecule has 4 rings (SSSR count). The molecule has 3 aromatic rings. The summed E-state index contributed by atoms with van der Waals surface area (Å²) in [6.07, 6.45) is 1.06. The summed E-state index contributed by atoms with van der Waals surface area (Å²) in [6.45, 7) is 2.81. The molecule has 1 amide bonds. The van der Waals surface area contributed by atoms with E-state index in [-0.39, 0.29) is 10.8 Å². The van der Waals surface area contributed by atoms with Crippen molar-refractivity contribution in [2.75, 3.05) is 26.0 Å². The maximum atomic E-state index is 12.6. The fraction of sp³-hybridized carbons (Fsp3) is 0.240. The quantitative estimate of drug-likeness (QED) is 0.622. The van der Waals surface area contributed by atoms with Crippen LogP contribution < -0.4 is 5.32 Å². The van der Waals surface area contributed by atoms with Crippen LogP contribution in [0.3, 0.4) is 0 Å². The van der Waals surface area contributed by atoms with Gasteiger partial charge in [0.05, 0.1) is 4.90 Å². The SMILES string of the molecule is CN(C)S(=O)(=O)c1ccc(NC(=O)c2ccc(CN3CCc4ccccc4C3)cc2)cc1. The van der Waals surface area contributed by atoms with Crippen LogP contribution in [0, 0.1) is 0 Å². The normalized spacial score (nSPS) is 14.2. The highest BCUT2D eigenvalue weighted by atomic mass is 32.2. The number of carbonyl (C=O) groups excluding carboxylic acids is 1. The predicted octanol–water partition coefficient (Wildman–Crippen LogP) is 3.75. The molecule has 1 aliphatic heterocycles. The molecule has 7 heteroatoms. The first-order valence-electron chi connectivity index (χ1n) is 10.5. The minimum atomic E-state index is -3.49. The summed E-state index contributed by atoms with van der Waals surface area (Å²) in [4.78, 5) is 15.2. The van der Waals surface area contributed by atoms with Crippen molar-refractivity contribution >= 4 is 21.6 Å². The number of nitrogens with zero attached hydrogens (tertiary/aromatic N) is 2. The van der Waals surface area contributed by atoms with Crippen molar-refractivity contribution < 1.29 is 13.2 Å². The lowest BCUT2D eigenvalue weighted by Crippen LogP contribution is -2.29. The highest BCUT2D eigenvalue weighted by Gasteiger charge is 2.18. The third-order valence-electron chi connectivity index (χ3n) is 5.72. The number of rotatable bonds is 6. The first-order chi connectivity index (χ1) is 15.3. The summed E-state index contributed by atoms with van der Waals surface area (Å²) < 4.78 is 25.5. The van der Waals surface area contributed by atoms with Crippen molar-refractivity contribution in [3.05, 3.63) is 95.1 Å². The third kappa shape index (κ3) is 4.91. The molecule has 0 spiro atoms. The van der Waals surface area contributed by atoms with E-state index in [4.69, 9.17) is 0 Å². The highest BCUT2D eigenvalue weighted by molar-refractivity contribution is 7.89. The van der Waals surface area contributed by atoms with Gasteiger partial charge in [0.25, 0.3) is 5.91 Å². The first kappa shape index (κ1) is 22.2. The summed E-state index contributed by atoms with van der Waals surface area (Å²) >= 11 is 0. The maximum absolute atomic E-state index is 12.6. The summed E-state index contributed by atoms with van der Waals surface area (Å²) in [5.74, 6) is -0.230. The van der Waals surface area contributed by atoms with Gasteiger partial charge in [-0.25, -0.2) is 12.7 Å². The molecule has 0 atom stereocenters. The van der Waals surface area contributed by atoms with Crippen LogP contribution in [0.15, 0.2) is 77.7 Å². The number of anilines is 1. The first-order valence-corrected chi connectivity index (χ1v) is 12.0. The average molecular weight is 450 g/mol. The van der Waals surface area contributed by atoms with E-state index in [1.54, 1.807) is 12.1 Å². The van der Waals surface area contributed by atoms with Crippen LogP contribution in [0.4, 0.5) is 5.69 Å². The maximum Gasteiger partial charge on any atom is 0.255 e. The standard InChI is InChI=1S/C25H27N3O3S/c1-27(2)32(30,31)24-13-11-23(12-14-24)26-25(29)21-9-7-19(8-10-21)17-28-16-15-20-5-3-4-6-22(20)18-28/h3-14H,15-18H2,1-2H3,(H,26,29). The monoisotopic (exact) mass is 449 g/mol. The molecule has 166 valence electrons. The van der Waals surface area contributed by atoms with E-state index in [0.29, 0.717) is 11.3 Å². The van der Waals surface area contributed by atoms with Crippen molar-refractivity contribution in [2.45, 2.75) is 24.4 Å². The Morgan fingerprint density at radius 2 is 1.59 bits per heavy atom. The molecule has 0 aromatic heterocycles. The van der Waals surface area contributed by atoms with Gasteiger partial charge in [0, 0.05) is 45.0 Å². The number of sulfonamides is 1. The Kier molecular flexibility index (Phi) is 6.41. The predicted molar refractivity (Wildman–Crippen MR) is 126 cm³/mol. The number of hydrogen-bond donors (Lipinski definition) is 1. The Bertz CT molecular complexity index is 1200. The van der Waals surface area contributed by atoms with Crippen molar-refractivity contribution in [1.82, 2.24) is 9.21 Å². The molecule has 1 heterocycles. The van der Waals surface area contributed by atoms with Gasteiger partial charge in [-0.05, 0) is 59.5 Å². The second-order valence-electron chi connectivity index (χ2n) is 8.19. The fourth-order valence-corrected chi connectivity index (χ4v) is 4.73. The molecule has 0 fully saturated rings. The summed E-state index contributed by atoms with van der Waals surface area (Å²) in [5, 5.41) is 2.82. The number of benzene rings is 3. The Morgan fingerprint density at radius 1 is 0.938 bits per heavy atom. The van der Waals surface area contributed by atoms with Crippen LogP contribution in [0.1, 0.15) is 27.0 Å². The summed E-state index contributed by atoms with van der Waals surface area (Å²) in [7, 11) is -0.521. The Labute approximate surface area is 189 Å². The van der Waals surface area contributed by atoms with Crippen molar-refractivity contribution in [3.8, 4) is 0 Å². The van der Waals surface area contributed by atoms with E-state index in [2.05, 4.69) is 34.5 Å². The lowest BCUT2D eigenvalue weighted by molar-refractivity contribution is 0.102. The number of amides is 1. The zero-order valence-corrected chi connectivity index (χ0v) is 19.1. The van der Waals surface area contributed by atoms with E-state index in [9.17, 15) is 13.2 Å². The van der Waals surface area contributed by atoms with Gasteiger partial charge in [-0.2, -0.15) is 0 Å². The molecular weight excluding hydrogens is 422 g/mol. The Hall–Kier alpha value is -3.00. The van der Waals surface area contributed by atoms with Crippen LogP contribution >= 0.6 is 0 Å². The molecule has 0 bridgehead atoms. The highest BCUT2D eigenvalue weighted by Crippen LogP contribution is 2.21. The van der Waals surface area contributed by atoms with Gasteiger partial charge in [-0.3, -0.25) is 9.69 Å². The molecule has 0 unspecified atom stereocenters. The van der Waals surface area contributed by atoms with Gasteiger partial charge < -0.3 is 5.32 Å². The molecule has 0 saturated heterocycles. The third-order valence-corrected chi connectivity index (χ3v) is 7.55. The lowest BCUT2D eigenvalue weighted by atomic mass is 9.99. The van der Waals surface area contributed by atoms with Crippen molar-refractivity contribution in [3.63, 3.8) is 0 Å². The second kappa shape index (κ2) is 9.24. The molecule has 32 heavy (non-hydrogen) atoms. The number of nitrogens with one attached hydrogen (secondary N) is 1. The number of carbonyl (C=O) groups is 1. The van der Waals surface area contributed by atoms with Gasteiger partial charge in [-0.1, -0.05) is 36.4 Å². The molecule has 6 nitrogen and oxygen atoms in total. The zero-order valence-electron chi connectivity index (χ0n) is 18.3. The molecule has 0 saturated carbocycles. The van der Waals surface area contributed by atoms with Gasteiger partial charge in [-0.15, -0.1) is 0 Å². The van der Waals surface area contributed by atoms with E-state index in [0.717, 1.165) is 30.4 Å². The fourth-order valence-electron chi connectivity index (χ4n) is 3.83. The number of hydrogen-bond acceptors (Lipinski definition) is 4. The Morgan fingerprint density at radius 3 is 2.25 bits per heavy atom. The topological polar surface area (TPSA) is 69.7 Å². The molecular formula is C25H27N3O3S. The molecule has 0 radical (unpaired) electrons. The van der Waals surface area contributed by atoms with Gasteiger partial charge in [0.2, 0.25) is 10.0 Å². The van der Waals surface area contributed by atoms with Crippen molar-refractivity contribution in [2.24, 2.45) is 0 Å². The van der Waals surface area contributed by atoms with Crippen LogP contribution in [-0.2, 0) is 29.5 Å². The van der Waals surface area contributed by atoms with Gasteiger partial charge in [0.15, 0.2) is 0 Å². The van der Waals surface area contributed by atoms with Gasteiger partial charge >= 0.3 is 0 Å². The minimum Gasteiger partial charge on any atom is -0.322 e. The van der Waals surface area contributed by atoms with Crippen molar-refractivity contribution in [1.29, 1.82) is 0 Å². The molecule has 1 aliphatic rings. The smallest absolute Gasteiger partial charge is 0.255 e. The largest absolute Gasteiger partial charge is 0.322 e. The van der Waals surface area contributed by atoms with E-state index in [1.807, 2.05) is 24.3 Å². The summed E-state index contributed by atoms with van der Waals surface area (Å²) in [5.41, 5.74) is 5.09. The van der Waals surface area contributed by atoms with E-state index >= 15 is 0 Å². The van der Waals surface area contributed by atoms with E-state index < -0.39 is 10.0 Å². The van der Waals surface area contributed by atoms with Crippen LogP contribution in [0.5, 0.6) is 0 Å². The minimum absolute atomic E-state index is 0.185. The molecule has 0 aliphatic carbocycles. The lowest BCUT2D eigenvalue weighted by Gasteiger charge is -2.28. The van der Waals surface area contributed by atoms with Gasteiger partial charge in [0.1, 0.15) is 0 Å². The average Bonchev–Trinajstić information content (AvgIpc) is 2.79. The second-order valence-corrected chi connectivity index (χ2v) is 10.3. The number of fused-ring (bicyclic) bond motifs is 1. The molecule has 1 N–H and O–H groups in total. The van der Waals surface area contributed by atoms with E-state index in [1.165, 1.54) is 42.9 Å². The van der Waals surface area contributed by atoms with Crippen LogP contribution in [0.2, 0.25) is 0 Å². The van der Waals surface area contributed by atoms with Crippen LogP contribution in [-0.4, -0.2) is 44.2 Å². The van der Waals surface area contributed by atoms with Crippen LogP contribution in [0.25, 0.3) is 0 Å². The zero-order chi connectivity index (χ0) is 22.7.